The van der Waals surface area contributed by atoms with E-state index in [0.717, 1.165) is 22.0 Å². The van der Waals surface area contributed by atoms with E-state index in [2.05, 4.69) is 28.2 Å². The van der Waals surface area contributed by atoms with E-state index in [-0.39, 0.29) is 18.6 Å². The third kappa shape index (κ3) is 4.60. The molecule has 1 atom stereocenters. The predicted molar refractivity (Wildman–Crippen MR) is 92.0 cm³/mol. The Balaban J connectivity index is 1.90. The van der Waals surface area contributed by atoms with Crippen molar-refractivity contribution in [2.45, 2.75) is 26.3 Å². The molecule has 2 rings (SSSR count). The second-order valence-electron chi connectivity index (χ2n) is 5.14. The van der Waals surface area contributed by atoms with Gasteiger partial charge in [0.15, 0.2) is 6.61 Å². The SMILES string of the molecule is CC[C@H](NC(=O)COc1ccc(Br)c(C)c1)c1ccccc1. The fourth-order valence-corrected chi connectivity index (χ4v) is 2.44. The number of amides is 1. The number of benzene rings is 2. The van der Waals surface area contributed by atoms with Gasteiger partial charge in [-0.2, -0.15) is 0 Å². The van der Waals surface area contributed by atoms with Crippen molar-refractivity contribution in [1.29, 1.82) is 0 Å². The molecule has 0 radical (unpaired) electrons. The second-order valence-corrected chi connectivity index (χ2v) is 5.99. The van der Waals surface area contributed by atoms with Gasteiger partial charge in [-0.05, 0) is 42.7 Å². The number of nitrogens with one attached hydrogen (secondary N) is 1. The van der Waals surface area contributed by atoms with Crippen molar-refractivity contribution in [2.24, 2.45) is 0 Å². The van der Waals surface area contributed by atoms with Gasteiger partial charge in [0, 0.05) is 4.47 Å². The van der Waals surface area contributed by atoms with Crippen LogP contribution in [0.1, 0.15) is 30.5 Å². The summed E-state index contributed by atoms with van der Waals surface area (Å²) in [5.74, 6) is 0.583. The third-order valence-corrected chi connectivity index (χ3v) is 4.33. The van der Waals surface area contributed by atoms with Gasteiger partial charge in [0.1, 0.15) is 5.75 Å². The summed E-state index contributed by atoms with van der Waals surface area (Å²) in [5, 5.41) is 3.01. The summed E-state index contributed by atoms with van der Waals surface area (Å²) in [7, 11) is 0. The van der Waals surface area contributed by atoms with Crippen LogP contribution in [-0.2, 0) is 4.79 Å². The number of carbonyl (C=O) groups excluding carboxylic acids is 1. The number of carbonyl (C=O) groups is 1. The molecule has 0 bridgehead atoms. The van der Waals surface area contributed by atoms with Crippen LogP contribution in [0.25, 0.3) is 0 Å². The standard InChI is InChI=1S/C18H20BrNO2/c1-3-17(14-7-5-4-6-8-14)20-18(21)12-22-15-9-10-16(19)13(2)11-15/h4-11,17H,3,12H2,1-2H3,(H,20,21)/t17-/m0/s1. The van der Waals surface area contributed by atoms with E-state index < -0.39 is 0 Å². The van der Waals surface area contributed by atoms with Crippen LogP contribution >= 0.6 is 15.9 Å². The number of hydrogen-bond acceptors (Lipinski definition) is 2. The van der Waals surface area contributed by atoms with Gasteiger partial charge in [0.2, 0.25) is 0 Å². The maximum atomic E-state index is 12.1. The lowest BCUT2D eigenvalue weighted by atomic mass is 10.0. The summed E-state index contributed by atoms with van der Waals surface area (Å²) >= 11 is 3.44. The molecule has 116 valence electrons. The average molecular weight is 362 g/mol. The number of halogens is 1. The first-order valence-electron chi connectivity index (χ1n) is 7.33. The maximum absolute atomic E-state index is 12.1. The van der Waals surface area contributed by atoms with E-state index in [0.29, 0.717) is 5.75 Å². The van der Waals surface area contributed by atoms with Crippen LogP contribution in [0.5, 0.6) is 5.75 Å². The molecule has 3 nitrogen and oxygen atoms in total. The molecule has 0 saturated heterocycles. The van der Waals surface area contributed by atoms with E-state index >= 15 is 0 Å². The monoisotopic (exact) mass is 361 g/mol. The molecule has 0 heterocycles. The number of ether oxygens (including phenoxy) is 1. The fourth-order valence-electron chi connectivity index (χ4n) is 2.20. The van der Waals surface area contributed by atoms with Gasteiger partial charge in [-0.15, -0.1) is 0 Å². The largest absolute Gasteiger partial charge is 0.484 e. The molecular formula is C18H20BrNO2. The zero-order valence-corrected chi connectivity index (χ0v) is 14.4. The molecule has 2 aromatic rings. The lowest BCUT2D eigenvalue weighted by molar-refractivity contribution is -0.123. The Hall–Kier alpha value is -1.81. The first-order valence-corrected chi connectivity index (χ1v) is 8.12. The molecular weight excluding hydrogens is 342 g/mol. The number of rotatable bonds is 6. The molecule has 1 amide bonds. The minimum Gasteiger partial charge on any atom is -0.484 e. The summed E-state index contributed by atoms with van der Waals surface area (Å²) in [4.78, 5) is 12.1. The van der Waals surface area contributed by atoms with Crippen LogP contribution in [0, 0.1) is 6.92 Å². The first-order chi connectivity index (χ1) is 10.6. The zero-order valence-electron chi connectivity index (χ0n) is 12.8. The van der Waals surface area contributed by atoms with Crippen molar-refractivity contribution in [2.75, 3.05) is 6.61 Å². The number of aryl methyl sites for hydroxylation is 1. The Kier molecular flexibility index (Phi) is 6.01. The van der Waals surface area contributed by atoms with E-state index in [9.17, 15) is 4.79 Å². The van der Waals surface area contributed by atoms with E-state index in [1.807, 2.05) is 55.5 Å². The van der Waals surface area contributed by atoms with Gasteiger partial charge in [-0.3, -0.25) is 4.79 Å². The minimum absolute atomic E-state index is 0.0175. The average Bonchev–Trinajstić information content (AvgIpc) is 2.54. The van der Waals surface area contributed by atoms with Crippen LogP contribution in [0.2, 0.25) is 0 Å². The van der Waals surface area contributed by atoms with Crippen molar-refractivity contribution in [1.82, 2.24) is 5.32 Å². The number of hydrogen-bond donors (Lipinski definition) is 1. The van der Waals surface area contributed by atoms with Crippen LogP contribution in [0.15, 0.2) is 53.0 Å². The van der Waals surface area contributed by atoms with Crippen molar-refractivity contribution >= 4 is 21.8 Å². The Labute approximate surface area is 139 Å². The van der Waals surface area contributed by atoms with E-state index in [1.54, 1.807) is 0 Å². The summed E-state index contributed by atoms with van der Waals surface area (Å²) in [6.07, 6.45) is 0.840. The van der Waals surface area contributed by atoms with Gasteiger partial charge in [-0.1, -0.05) is 53.2 Å². The highest BCUT2D eigenvalue weighted by Gasteiger charge is 2.12. The molecule has 0 aliphatic carbocycles. The van der Waals surface area contributed by atoms with Crippen molar-refractivity contribution in [3.8, 4) is 5.75 Å². The summed E-state index contributed by atoms with van der Waals surface area (Å²) < 4.78 is 6.58. The molecule has 2 aromatic carbocycles. The molecule has 0 fully saturated rings. The van der Waals surface area contributed by atoms with Gasteiger partial charge in [0.25, 0.3) is 5.91 Å². The second kappa shape index (κ2) is 7.99. The Morgan fingerprint density at radius 1 is 1.23 bits per heavy atom. The molecule has 0 aromatic heterocycles. The molecule has 1 N–H and O–H groups in total. The Bertz CT molecular complexity index is 628. The molecule has 0 aliphatic heterocycles. The minimum atomic E-state index is -0.115. The molecule has 22 heavy (non-hydrogen) atoms. The molecule has 0 aliphatic rings. The molecule has 4 heteroatoms. The fraction of sp³-hybridized carbons (Fsp3) is 0.278. The lowest BCUT2D eigenvalue weighted by Crippen LogP contribution is -2.32. The Morgan fingerprint density at radius 3 is 2.59 bits per heavy atom. The third-order valence-electron chi connectivity index (χ3n) is 3.44. The van der Waals surface area contributed by atoms with Crippen molar-refractivity contribution in [3.05, 3.63) is 64.1 Å². The highest BCUT2D eigenvalue weighted by atomic mass is 79.9. The topological polar surface area (TPSA) is 38.3 Å². The summed E-state index contributed by atoms with van der Waals surface area (Å²) in [6, 6.07) is 15.7. The van der Waals surface area contributed by atoms with Crippen LogP contribution in [-0.4, -0.2) is 12.5 Å². The lowest BCUT2D eigenvalue weighted by Gasteiger charge is -2.17. The molecule has 0 saturated carbocycles. The van der Waals surface area contributed by atoms with Gasteiger partial charge in [-0.25, -0.2) is 0 Å². The predicted octanol–water partition coefficient (Wildman–Crippen LogP) is 4.40. The van der Waals surface area contributed by atoms with E-state index in [4.69, 9.17) is 4.74 Å². The van der Waals surface area contributed by atoms with Crippen LogP contribution in [0.3, 0.4) is 0 Å². The molecule has 0 spiro atoms. The van der Waals surface area contributed by atoms with Crippen molar-refractivity contribution in [3.63, 3.8) is 0 Å². The van der Waals surface area contributed by atoms with Crippen LogP contribution < -0.4 is 10.1 Å². The zero-order chi connectivity index (χ0) is 15.9. The highest BCUT2D eigenvalue weighted by molar-refractivity contribution is 9.10. The van der Waals surface area contributed by atoms with Gasteiger partial charge in [0.05, 0.1) is 6.04 Å². The van der Waals surface area contributed by atoms with Crippen LogP contribution in [0.4, 0.5) is 0 Å². The normalized spacial score (nSPS) is 11.8. The molecule has 0 unspecified atom stereocenters. The summed E-state index contributed by atoms with van der Waals surface area (Å²) in [6.45, 7) is 4.06. The Morgan fingerprint density at radius 2 is 1.95 bits per heavy atom. The summed E-state index contributed by atoms with van der Waals surface area (Å²) in [5.41, 5.74) is 2.19. The van der Waals surface area contributed by atoms with Gasteiger partial charge < -0.3 is 10.1 Å². The highest BCUT2D eigenvalue weighted by Crippen LogP contribution is 2.21. The van der Waals surface area contributed by atoms with Crippen molar-refractivity contribution < 1.29 is 9.53 Å². The smallest absolute Gasteiger partial charge is 0.258 e. The maximum Gasteiger partial charge on any atom is 0.258 e. The quantitative estimate of drug-likeness (QED) is 0.827. The van der Waals surface area contributed by atoms with E-state index in [1.165, 1.54) is 0 Å². The van der Waals surface area contributed by atoms with Gasteiger partial charge >= 0.3 is 0 Å². The first kappa shape index (κ1) is 16.6.